The molecule has 20 heavy (non-hydrogen) atoms. The number of aliphatic hydroxyl groups excluding tert-OH is 1. The lowest BCUT2D eigenvalue weighted by molar-refractivity contribution is -0.0442. The van der Waals surface area contributed by atoms with Crippen molar-refractivity contribution in [3.63, 3.8) is 0 Å². The fourth-order valence-electron chi connectivity index (χ4n) is 1.91. The van der Waals surface area contributed by atoms with Crippen molar-refractivity contribution in [3.05, 3.63) is 0 Å². The summed E-state index contributed by atoms with van der Waals surface area (Å²) in [4.78, 5) is 0. The number of aliphatic hydroxyl groups is 1. The first kappa shape index (κ1) is 19.8. The molecular formula is C16H34O4. The Bertz CT molecular complexity index is 197. The SMILES string of the molecule is CCCCC(CC)COCC(C)OCCOCC(C)O. The summed E-state index contributed by atoms with van der Waals surface area (Å²) in [7, 11) is 0. The molecule has 4 heteroatoms. The van der Waals surface area contributed by atoms with E-state index in [9.17, 15) is 0 Å². The average molecular weight is 290 g/mol. The molecule has 0 heterocycles. The highest BCUT2D eigenvalue weighted by Gasteiger charge is 2.08. The zero-order valence-electron chi connectivity index (χ0n) is 13.8. The van der Waals surface area contributed by atoms with Crippen LogP contribution in [0.2, 0.25) is 0 Å². The van der Waals surface area contributed by atoms with E-state index < -0.39 is 6.10 Å². The van der Waals surface area contributed by atoms with E-state index in [2.05, 4.69) is 13.8 Å². The maximum atomic E-state index is 9.03. The van der Waals surface area contributed by atoms with Crippen LogP contribution in [-0.2, 0) is 14.2 Å². The molecule has 122 valence electrons. The zero-order chi connectivity index (χ0) is 15.2. The molecule has 0 fully saturated rings. The summed E-state index contributed by atoms with van der Waals surface area (Å²) in [5.41, 5.74) is 0. The second-order valence-electron chi connectivity index (χ2n) is 5.56. The summed E-state index contributed by atoms with van der Waals surface area (Å²) in [5.74, 6) is 0.677. The van der Waals surface area contributed by atoms with Gasteiger partial charge in [-0.25, -0.2) is 0 Å². The quantitative estimate of drug-likeness (QED) is 0.500. The van der Waals surface area contributed by atoms with Gasteiger partial charge in [0.25, 0.3) is 0 Å². The molecule has 0 radical (unpaired) electrons. The van der Waals surface area contributed by atoms with E-state index in [1.807, 2.05) is 6.92 Å². The van der Waals surface area contributed by atoms with Crippen molar-refractivity contribution in [2.24, 2.45) is 5.92 Å². The number of unbranched alkanes of at least 4 members (excludes halogenated alkanes) is 1. The first-order chi connectivity index (χ1) is 9.60. The highest BCUT2D eigenvalue weighted by molar-refractivity contribution is 4.57. The molecule has 0 aromatic heterocycles. The molecule has 0 saturated heterocycles. The van der Waals surface area contributed by atoms with Gasteiger partial charge in [0.05, 0.1) is 38.6 Å². The highest BCUT2D eigenvalue weighted by atomic mass is 16.6. The van der Waals surface area contributed by atoms with Crippen LogP contribution in [0, 0.1) is 5.92 Å². The van der Waals surface area contributed by atoms with Crippen molar-refractivity contribution in [2.45, 2.75) is 65.6 Å². The molecule has 0 aliphatic rings. The summed E-state index contributed by atoms with van der Waals surface area (Å²) in [6, 6.07) is 0. The fourth-order valence-corrected chi connectivity index (χ4v) is 1.91. The van der Waals surface area contributed by atoms with Gasteiger partial charge in [-0.3, -0.25) is 0 Å². The molecule has 0 bridgehead atoms. The molecule has 0 spiro atoms. The van der Waals surface area contributed by atoms with Gasteiger partial charge >= 0.3 is 0 Å². The minimum Gasteiger partial charge on any atom is -0.391 e. The van der Waals surface area contributed by atoms with Crippen LogP contribution >= 0.6 is 0 Å². The number of rotatable bonds is 14. The molecular weight excluding hydrogens is 256 g/mol. The van der Waals surface area contributed by atoms with Crippen molar-refractivity contribution in [2.75, 3.05) is 33.0 Å². The van der Waals surface area contributed by atoms with E-state index in [1.54, 1.807) is 6.92 Å². The molecule has 0 aliphatic carbocycles. The van der Waals surface area contributed by atoms with Gasteiger partial charge < -0.3 is 19.3 Å². The maximum absolute atomic E-state index is 9.03. The van der Waals surface area contributed by atoms with Crippen LogP contribution in [0.15, 0.2) is 0 Å². The summed E-state index contributed by atoms with van der Waals surface area (Å²) in [5, 5.41) is 9.03. The molecule has 4 nitrogen and oxygen atoms in total. The molecule has 3 unspecified atom stereocenters. The van der Waals surface area contributed by atoms with E-state index in [0.29, 0.717) is 32.3 Å². The molecule has 0 saturated carbocycles. The Labute approximate surface area is 124 Å². The van der Waals surface area contributed by atoms with Gasteiger partial charge in [0.2, 0.25) is 0 Å². The smallest absolute Gasteiger partial charge is 0.0781 e. The summed E-state index contributed by atoms with van der Waals surface area (Å²) < 4.78 is 16.6. The second kappa shape index (κ2) is 13.8. The number of ether oxygens (including phenoxy) is 3. The summed E-state index contributed by atoms with van der Waals surface area (Å²) in [6.45, 7) is 11.1. The van der Waals surface area contributed by atoms with Crippen LogP contribution < -0.4 is 0 Å². The normalized spacial score (nSPS) is 16.1. The maximum Gasteiger partial charge on any atom is 0.0781 e. The third-order valence-corrected chi connectivity index (χ3v) is 3.24. The van der Waals surface area contributed by atoms with Crippen LogP contribution in [0.25, 0.3) is 0 Å². The van der Waals surface area contributed by atoms with Crippen molar-refractivity contribution in [1.82, 2.24) is 0 Å². The van der Waals surface area contributed by atoms with Gasteiger partial charge in [-0.2, -0.15) is 0 Å². The highest BCUT2D eigenvalue weighted by Crippen LogP contribution is 2.13. The van der Waals surface area contributed by atoms with Crippen molar-refractivity contribution >= 4 is 0 Å². The topological polar surface area (TPSA) is 47.9 Å². The molecule has 0 aromatic rings. The lowest BCUT2D eigenvalue weighted by Gasteiger charge is -2.18. The Balaban J connectivity index is 3.44. The molecule has 3 atom stereocenters. The number of hydrogen-bond acceptors (Lipinski definition) is 4. The first-order valence-electron chi connectivity index (χ1n) is 8.05. The van der Waals surface area contributed by atoms with Crippen LogP contribution in [0.1, 0.15) is 53.4 Å². The summed E-state index contributed by atoms with van der Waals surface area (Å²) in [6.07, 6.45) is 4.66. The molecule has 0 aliphatic heterocycles. The van der Waals surface area contributed by atoms with Crippen molar-refractivity contribution < 1.29 is 19.3 Å². The van der Waals surface area contributed by atoms with Crippen molar-refractivity contribution in [3.8, 4) is 0 Å². The molecule has 0 rings (SSSR count). The standard InChI is InChI=1S/C16H34O4/c1-5-7-8-16(6-2)13-19-12-15(4)20-10-9-18-11-14(3)17/h14-17H,5-13H2,1-4H3. The Morgan fingerprint density at radius 3 is 2.30 bits per heavy atom. The van der Waals surface area contributed by atoms with E-state index in [1.165, 1.54) is 25.7 Å². The van der Waals surface area contributed by atoms with Crippen molar-refractivity contribution in [1.29, 1.82) is 0 Å². The number of hydrogen-bond donors (Lipinski definition) is 1. The van der Waals surface area contributed by atoms with Gasteiger partial charge in [-0.15, -0.1) is 0 Å². The minimum absolute atomic E-state index is 0.0915. The average Bonchev–Trinajstić information content (AvgIpc) is 2.41. The van der Waals surface area contributed by atoms with E-state index in [-0.39, 0.29) is 6.10 Å². The lowest BCUT2D eigenvalue weighted by atomic mass is 10.0. The van der Waals surface area contributed by atoms with Gasteiger partial charge in [-0.1, -0.05) is 33.1 Å². The zero-order valence-corrected chi connectivity index (χ0v) is 13.8. The van der Waals surface area contributed by atoms with Crippen LogP contribution in [-0.4, -0.2) is 50.3 Å². The molecule has 1 N–H and O–H groups in total. The van der Waals surface area contributed by atoms with E-state index in [0.717, 1.165) is 6.61 Å². The second-order valence-corrected chi connectivity index (χ2v) is 5.56. The lowest BCUT2D eigenvalue weighted by Crippen LogP contribution is -2.21. The fraction of sp³-hybridized carbons (Fsp3) is 1.00. The third kappa shape index (κ3) is 12.9. The van der Waals surface area contributed by atoms with E-state index >= 15 is 0 Å². The van der Waals surface area contributed by atoms with Gasteiger partial charge in [0.15, 0.2) is 0 Å². The Kier molecular flexibility index (Phi) is 13.7. The van der Waals surface area contributed by atoms with Gasteiger partial charge in [-0.05, 0) is 26.2 Å². The predicted octanol–water partition coefficient (Wildman–Crippen LogP) is 3.02. The van der Waals surface area contributed by atoms with Crippen LogP contribution in [0.5, 0.6) is 0 Å². The molecule has 0 amide bonds. The Morgan fingerprint density at radius 2 is 1.70 bits per heavy atom. The third-order valence-electron chi connectivity index (χ3n) is 3.24. The summed E-state index contributed by atoms with van der Waals surface area (Å²) >= 11 is 0. The molecule has 0 aromatic carbocycles. The largest absolute Gasteiger partial charge is 0.391 e. The van der Waals surface area contributed by atoms with Gasteiger partial charge in [0.1, 0.15) is 0 Å². The van der Waals surface area contributed by atoms with Crippen LogP contribution in [0.3, 0.4) is 0 Å². The van der Waals surface area contributed by atoms with E-state index in [4.69, 9.17) is 19.3 Å². The predicted molar refractivity (Wildman–Crippen MR) is 82.0 cm³/mol. The monoisotopic (exact) mass is 290 g/mol. The Hall–Kier alpha value is -0.160. The Morgan fingerprint density at radius 1 is 0.950 bits per heavy atom. The minimum atomic E-state index is -0.412. The van der Waals surface area contributed by atoms with Crippen LogP contribution in [0.4, 0.5) is 0 Å². The van der Waals surface area contributed by atoms with Gasteiger partial charge in [0, 0.05) is 6.61 Å². The first-order valence-corrected chi connectivity index (χ1v) is 8.05.